The number of aryl methyl sites for hydroxylation is 1. The van der Waals surface area contributed by atoms with Gasteiger partial charge in [0.25, 0.3) is 0 Å². The summed E-state index contributed by atoms with van der Waals surface area (Å²) in [6.45, 7) is 5.73. The lowest BCUT2D eigenvalue weighted by Gasteiger charge is -2.24. The number of aromatic nitrogens is 2. The minimum atomic E-state index is 0.000472. The molecule has 0 aliphatic carbocycles. The summed E-state index contributed by atoms with van der Waals surface area (Å²) < 4.78 is 7.56. The van der Waals surface area contributed by atoms with Gasteiger partial charge < -0.3 is 10.1 Å². The minimum Gasteiger partial charge on any atom is -0.477 e. The van der Waals surface area contributed by atoms with Crippen molar-refractivity contribution in [3.63, 3.8) is 0 Å². The fourth-order valence-electron chi connectivity index (χ4n) is 1.86. The Morgan fingerprint density at radius 2 is 2.56 bits per heavy atom. The zero-order valence-corrected chi connectivity index (χ0v) is 9.69. The van der Waals surface area contributed by atoms with Crippen LogP contribution in [-0.2, 0) is 17.8 Å². The molecule has 16 heavy (non-hydrogen) atoms. The van der Waals surface area contributed by atoms with Crippen LogP contribution in [0, 0.1) is 5.92 Å². The summed E-state index contributed by atoms with van der Waals surface area (Å²) in [6.07, 6.45) is 2.79. The third-order valence-electron chi connectivity index (χ3n) is 2.77. The predicted octanol–water partition coefficient (Wildman–Crippen LogP) is 0.590. The van der Waals surface area contributed by atoms with Crippen molar-refractivity contribution in [3.05, 3.63) is 11.8 Å². The van der Waals surface area contributed by atoms with Gasteiger partial charge in [-0.2, -0.15) is 5.10 Å². The number of amides is 1. The molecule has 1 N–H and O–H groups in total. The molecule has 1 amide bonds. The van der Waals surface area contributed by atoms with Gasteiger partial charge in [-0.3, -0.25) is 4.79 Å². The van der Waals surface area contributed by atoms with Crippen molar-refractivity contribution < 1.29 is 9.53 Å². The van der Waals surface area contributed by atoms with E-state index in [0.717, 1.165) is 24.4 Å². The fourth-order valence-corrected chi connectivity index (χ4v) is 1.86. The van der Waals surface area contributed by atoms with Gasteiger partial charge >= 0.3 is 0 Å². The quantitative estimate of drug-likeness (QED) is 0.816. The molecule has 1 aromatic rings. The van der Waals surface area contributed by atoms with E-state index in [-0.39, 0.29) is 5.91 Å². The van der Waals surface area contributed by atoms with Crippen LogP contribution in [0.5, 0.6) is 5.88 Å². The van der Waals surface area contributed by atoms with Crippen LogP contribution in [0.3, 0.4) is 0 Å². The highest BCUT2D eigenvalue weighted by atomic mass is 16.5. The molecule has 0 bridgehead atoms. The maximum Gasteiger partial charge on any atom is 0.216 e. The van der Waals surface area contributed by atoms with Crippen molar-refractivity contribution in [2.75, 3.05) is 13.2 Å². The number of hydrogen-bond acceptors (Lipinski definition) is 3. The molecule has 1 atom stereocenters. The molecule has 1 unspecified atom stereocenters. The van der Waals surface area contributed by atoms with Gasteiger partial charge in [0.15, 0.2) is 0 Å². The molecule has 5 nitrogen and oxygen atoms in total. The van der Waals surface area contributed by atoms with Gasteiger partial charge in [0, 0.05) is 24.9 Å². The summed E-state index contributed by atoms with van der Waals surface area (Å²) in [5.74, 6) is 1.20. The van der Waals surface area contributed by atoms with E-state index in [1.54, 1.807) is 0 Å². The van der Waals surface area contributed by atoms with E-state index in [4.69, 9.17) is 4.74 Å². The summed E-state index contributed by atoms with van der Waals surface area (Å²) in [7, 11) is 0. The van der Waals surface area contributed by atoms with Gasteiger partial charge in [-0.05, 0) is 6.42 Å². The number of carbonyl (C=O) groups is 1. The lowest BCUT2D eigenvalue weighted by Crippen LogP contribution is -2.36. The second kappa shape index (κ2) is 4.55. The Morgan fingerprint density at radius 3 is 3.25 bits per heavy atom. The molecular formula is C11H17N3O2. The van der Waals surface area contributed by atoms with Gasteiger partial charge in [-0.15, -0.1) is 0 Å². The Labute approximate surface area is 94.8 Å². The molecule has 1 aliphatic heterocycles. The molecule has 0 aromatic carbocycles. The largest absolute Gasteiger partial charge is 0.477 e. The number of carbonyl (C=O) groups excluding carboxylic acids is 1. The first kappa shape index (κ1) is 11.0. The first-order chi connectivity index (χ1) is 7.70. The highest BCUT2D eigenvalue weighted by molar-refractivity contribution is 5.72. The van der Waals surface area contributed by atoms with Gasteiger partial charge in [0.05, 0.1) is 19.3 Å². The zero-order chi connectivity index (χ0) is 11.5. The molecule has 5 heteroatoms. The van der Waals surface area contributed by atoms with E-state index >= 15 is 0 Å². The highest BCUT2D eigenvalue weighted by Gasteiger charge is 2.22. The second-order valence-corrected chi connectivity index (χ2v) is 4.12. The van der Waals surface area contributed by atoms with Crippen molar-refractivity contribution in [2.45, 2.75) is 26.8 Å². The summed E-state index contributed by atoms with van der Waals surface area (Å²) in [4.78, 5) is 10.8. The third-order valence-corrected chi connectivity index (χ3v) is 2.77. The molecule has 2 heterocycles. The number of fused-ring (bicyclic) bond motifs is 1. The van der Waals surface area contributed by atoms with Crippen LogP contribution in [0.1, 0.15) is 19.4 Å². The molecule has 88 valence electrons. The van der Waals surface area contributed by atoms with Gasteiger partial charge in [-0.1, -0.05) is 6.92 Å². The standard InChI is InChI=1S/C11H17N3O2/c1-3-10-5-13-14-6-9(4-12-8(2)15)7-16-11(10)14/h5,9H,3-4,6-7H2,1-2H3,(H,12,15). The maximum atomic E-state index is 10.8. The summed E-state index contributed by atoms with van der Waals surface area (Å²) in [5.41, 5.74) is 1.15. The third kappa shape index (κ3) is 2.18. The topological polar surface area (TPSA) is 56.1 Å². The number of nitrogens with one attached hydrogen (secondary N) is 1. The first-order valence-corrected chi connectivity index (χ1v) is 5.62. The number of hydrogen-bond donors (Lipinski definition) is 1. The first-order valence-electron chi connectivity index (χ1n) is 5.62. The number of ether oxygens (including phenoxy) is 1. The Balaban J connectivity index is 1.98. The monoisotopic (exact) mass is 223 g/mol. The summed E-state index contributed by atoms with van der Waals surface area (Å²) in [6, 6.07) is 0. The molecule has 0 fully saturated rings. The Hall–Kier alpha value is -1.52. The number of rotatable bonds is 3. The highest BCUT2D eigenvalue weighted by Crippen LogP contribution is 2.24. The zero-order valence-electron chi connectivity index (χ0n) is 9.69. The van der Waals surface area contributed by atoms with Gasteiger partial charge in [0.2, 0.25) is 11.8 Å². The van der Waals surface area contributed by atoms with Crippen LogP contribution in [0.2, 0.25) is 0 Å². The Kier molecular flexibility index (Phi) is 3.12. The molecule has 0 spiro atoms. The van der Waals surface area contributed by atoms with Crippen LogP contribution < -0.4 is 10.1 Å². The average molecular weight is 223 g/mol. The van der Waals surface area contributed by atoms with Crippen LogP contribution in [0.25, 0.3) is 0 Å². The number of nitrogens with zero attached hydrogens (tertiary/aromatic N) is 2. The normalized spacial score (nSPS) is 18.8. The van der Waals surface area contributed by atoms with Crippen molar-refractivity contribution in [1.29, 1.82) is 0 Å². The molecule has 2 rings (SSSR count). The van der Waals surface area contributed by atoms with Crippen LogP contribution in [-0.4, -0.2) is 28.8 Å². The van der Waals surface area contributed by atoms with E-state index in [2.05, 4.69) is 17.3 Å². The van der Waals surface area contributed by atoms with Crippen LogP contribution in [0.15, 0.2) is 6.20 Å². The molecule has 1 aromatic heterocycles. The Bertz CT molecular complexity index is 387. The summed E-state index contributed by atoms with van der Waals surface area (Å²) in [5, 5.41) is 7.09. The van der Waals surface area contributed by atoms with Crippen molar-refractivity contribution in [2.24, 2.45) is 5.92 Å². The second-order valence-electron chi connectivity index (χ2n) is 4.12. The lowest BCUT2D eigenvalue weighted by atomic mass is 10.1. The Morgan fingerprint density at radius 1 is 1.75 bits per heavy atom. The maximum absolute atomic E-state index is 10.8. The smallest absolute Gasteiger partial charge is 0.216 e. The molecule has 0 saturated carbocycles. The van der Waals surface area contributed by atoms with E-state index < -0.39 is 0 Å². The van der Waals surface area contributed by atoms with E-state index in [0.29, 0.717) is 19.1 Å². The summed E-state index contributed by atoms with van der Waals surface area (Å²) >= 11 is 0. The predicted molar refractivity (Wildman–Crippen MR) is 59.3 cm³/mol. The van der Waals surface area contributed by atoms with E-state index in [1.807, 2.05) is 10.9 Å². The average Bonchev–Trinajstić information content (AvgIpc) is 2.68. The minimum absolute atomic E-state index is 0.000472. The van der Waals surface area contributed by atoms with Gasteiger partial charge in [0.1, 0.15) is 0 Å². The van der Waals surface area contributed by atoms with Crippen molar-refractivity contribution >= 4 is 5.91 Å². The van der Waals surface area contributed by atoms with E-state index in [9.17, 15) is 4.79 Å². The molecule has 0 saturated heterocycles. The van der Waals surface area contributed by atoms with E-state index in [1.165, 1.54) is 6.92 Å². The molecular weight excluding hydrogens is 206 g/mol. The molecule has 1 aliphatic rings. The fraction of sp³-hybridized carbons (Fsp3) is 0.636. The van der Waals surface area contributed by atoms with Crippen molar-refractivity contribution in [1.82, 2.24) is 15.1 Å². The lowest BCUT2D eigenvalue weighted by molar-refractivity contribution is -0.119. The van der Waals surface area contributed by atoms with Crippen LogP contribution in [0.4, 0.5) is 0 Å². The van der Waals surface area contributed by atoms with Crippen LogP contribution >= 0.6 is 0 Å². The van der Waals surface area contributed by atoms with Gasteiger partial charge in [-0.25, -0.2) is 4.68 Å². The SMILES string of the molecule is CCc1cnn2c1OCC(CNC(C)=O)C2. The molecule has 0 radical (unpaired) electrons. The van der Waals surface area contributed by atoms with Crippen molar-refractivity contribution in [3.8, 4) is 5.88 Å².